The van der Waals surface area contributed by atoms with Crippen LogP contribution in [0.1, 0.15) is 32.4 Å². The number of aliphatic hydroxyl groups is 1. The summed E-state index contributed by atoms with van der Waals surface area (Å²) in [5.41, 5.74) is 1.07. The topological polar surface area (TPSA) is 54.0 Å². The van der Waals surface area contributed by atoms with Crippen molar-refractivity contribution >= 4 is 0 Å². The molecule has 2 unspecified atom stereocenters. The summed E-state index contributed by atoms with van der Waals surface area (Å²) in [6, 6.07) is 6.40. The highest BCUT2D eigenvalue weighted by atomic mass is 16.5. The minimum Gasteiger partial charge on any atom is -0.493 e. The van der Waals surface area contributed by atoms with Crippen LogP contribution in [-0.2, 0) is 0 Å². The van der Waals surface area contributed by atoms with E-state index >= 15 is 0 Å². The third kappa shape index (κ3) is 4.83. The number of hydrogen-bond donors (Lipinski definition) is 2. The smallest absolute Gasteiger partial charge is 0.161 e. The summed E-state index contributed by atoms with van der Waals surface area (Å²) in [4.78, 5) is 2.32. The first kappa shape index (κ1) is 18.0. The maximum absolute atomic E-state index is 9.89. The molecule has 0 saturated carbocycles. The number of methoxy groups -OCH3 is 1. The predicted molar refractivity (Wildman–Crippen MR) is 92.2 cm³/mol. The number of piperazine rings is 1. The Kier molecular flexibility index (Phi) is 6.69. The molecule has 0 aromatic heterocycles. The Balaban J connectivity index is 2.16. The zero-order valence-electron chi connectivity index (χ0n) is 14.7. The average Bonchev–Trinajstić information content (AvgIpc) is 2.54. The molecule has 5 heteroatoms. The van der Waals surface area contributed by atoms with E-state index in [1.165, 1.54) is 0 Å². The fourth-order valence-electron chi connectivity index (χ4n) is 2.94. The van der Waals surface area contributed by atoms with Gasteiger partial charge in [0.05, 0.1) is 26.4 Å². The fraction of sp³-hybridized carbons (Fsp3) is 0.667. The lowest BCUT2D eigenvalue weighted by molar-refractivity contribution is 0.0960. The van der Waals surface area contributed by atoms with Crippen LogP contribution in [0.5, 0.6) is 11.5 Å². The van der Waals surface area contributed by atoms with Gasteiger partial charge in [-0.1, -0.05) is 19.9 Å². The molecular formula is C18H30N2O3. The minimum atomic E-state index is -0.00685. The van der Waals surface area contributed by atoms with Crippen LogP contribution in [0.2, 0.25) is 0 Å². The van der Waals surface area contributed by atoms with Gasteiger partial charge in [-0.25, -0.2) is 0 Å². The van der Waals surface area contributed by atoms with E-state index in [-0.39, 0.29) is 12.6 Å². The molecule has 0 radical (unpaired) electrons. The zero-order valence-corrected chi connectivity index (χ0v) is 14.7. The van der Waals surface area contributed by atoms with Gasteiger partial charge in [0, 0.05) is 25.7 Å². The van der Waals surface area contributed by atoms with Gasteiger partial charge in [0.1, 0.15) is 0 Å². The van der Waals surface area contributed by atoms with E-state index in [0.29, 0.717) is 18.6 Å². The normalized spacial score (nSPS) is 20.5. The van der Waals surface area contributed by atoms with Crippen LogP contribution >= 0.6 is 0 Å². The van der Waals surface area contributed by atoms with E-state index in [4.69, 9.17) is 9.47 Å². The summed E-state index contributed by atoms with van der Waals surface area (Å²) in [5.74, 6) is 1.95. The molecule has 0 spiro atoms. The van der Waals surface area contributed by atoms with Crippen molar-refractivity contribution in [3.8, 4) is 11.5 Å². The first-order valence-electron chi connectivity index (χ1n) is 8.44. The van der Waals surface area contributed by atoms with Crippen molar-refractivity contribution in [3.05, 3.63) is 23.8 Å². The van der Waals surface area contributed by atoms with Crippen LogP contribution in [0.15, 0.2) is 18.2 Å². The highest BCUT2D eigenvalue weighted by molar-refractivity contribution is 5.44. The maximum Gasteiger partial charge on any atom is 0.161 e. The number of aliphatic hydroxyl groups excluding tert-OH is 1. The molecule has 1 aromatic carbocycles. The van der Waals surface area contributed by atoms with Crippen LogP contribution in [0.4, 0.5) is 0 Å². The summed E-state index contributed by atoms with van der Waals surface area (Å²) in [7, 11) is 1.65. The van der Waals surface area contributed by atoms with Crippen LogP contribution in [0.3, 0.4) is 0 Å². The molecule has 1 aliphatic rings. The third-order valence-electron chi connectivity index (χ3n) is 4.16. The Bertz CT molecular complexity index is 493. The first-order valence-corrected chi connectivity index (χ1v) is 8.44. The summed E-state index contributed by atoms with van der Waals surface area (Å²) in [5, 5.41) is 13.3. The van der Waals surface area contributed by atoms with Crippen LogP contribution in [0.25, 0.3) is 0 Å². The van der Waals surface area contributed by atoms with Crippen molar-refractivity contribution in [1.82, 2.24) is 10.2 Å². The minimum absolute atomic E-state index is 0.00685. The van der Waals surface area contributed by atoms with Gasteiger partial charge in [-0.05, 0) is 30.5 Å². The molecule has 1 aliphatic heterocycles. The SMILES string of the molecule is COc1cc(C(CO)N2CCNC(C)C2)ccc1OCC(C)C. The molecule has 1 aromatic rings. The lowest BCUT2D eigenvalue weighted by Crippen LogP contribution is -2.50. The van der Waals surface area contributed by atoms with Crippen molar-refractivity contribution in [2.24, 2.45) is 5.92 Å². The number of ether oxygens (including phenoxy) is 2. The second-order valence-electron chi connectivity index (χ2n) is 6.66. The second kappa shape index (κ2) is 8.52. The summed E-state index contributed by atoms with van der Waals surface area (Å²) >= 11 is 0. The van der Waals surface area contributed by atoms with Crippen LogP contribution in [0, 0.1) is 5.92 Å². The molecule has 0 amide bonds. The summed E-state index contributed by atoms with van der Waals surface area (Å²) in [6.45, 7) is 9.98. The molecule has 2 N–H and O–H groups in total. The molecule has 2 rings (SSSR count). The second-order valence-corrected chi connectivity index (χ2v) is 6.66. The molecule has 0 aliphatic carbocycles. The predicted octanol–water partition coefficient (Wildman–Crippen LogP) is 2.06. The van der Waals surface area contributed by atoms with Gasteiger partial charge < -0.3 is 19.9 Å². The Morgan fingerprint density at radius 2 is 2.13 bits per heavy atom. The molecule has 1 heterocycles. The van der Waals surface area contributed by atoms with Gasteiger partial charge in [0.15, 0.2) is 11.5 Å². The number of hydrogen-bond acceptors (Lipinski definition) is 5. The number of benzene rings is 1. The molecule has 2 atom stereocenters. The number of rotatable bonds is 7. The highest BCUT2D eigenvalue weighted by Crippen LogP contribution is 2.32. The van der Waals surface area contributed by atoms with Gasteiger partial charge in [-0.3, -0.25) is 4.90 Å². The molecule has 0 bridgehead atoms. The summed E-state index contributed by atoms with van der Waals surface area (Å²) in [6.07, 6.45) is 0. The van der Waals surface area contributed by atoms with Gasteiger partial charge in [-0.15, -0.1) is 0 Å². The Labute approximate surface area is 139 Å². The quantitative estimate of drug-likeness (QED) is 0.805. The molecule has 23 heavy (non-hydrogen) atoms. The van der Waals surface area contributed by atoms with E-state index in [9.17, 15) is 5.11 Å². The monoisotopic (exact) mass is 322 g/mol. The lowest BCUT2D eigenvalue weighted by Gasteiger charge is -2.37. The first-order chi connectivity index (χ1) is 11.0. The van der Waals surface area contributed by atoms with Gasteiger partial charge in [-0.2, -0.15) is 0 Å². The third-order valence-corrected chi connectivity index (χ3v) is 4.16. The van der Waals surface area contributed by atoms with E-state index in [1.807, 2.05) is 18.2 Å². The van der Waals surface area contributed by atoms with E-state index in [2.05, 4.69) is 31.0 Å². The largest absolute Gasteiger partial charge is 0.493 e. The van der Waals surface area contributed by atoms with Crippen LogP contribution < -0.4 is 14.8 Å². The lowest BCUT2D eigenvalue weighted by atomic mass is 10.0. The van der Waals surface area contributed by atoms with Crippen LogP contribution in [-0.4, -0.2) is 56.0 Å². The molecular weight excluding hydrogens is 292 g/mol. The van der Waals surface area contributed by atoms with Gasteiger partial charge in [0.2, 0.25) is 0 Å². The highest BCUT2D eigenvalue weighted by Gasteiger charge is 2.25. The van der Waals surface area contributed by atoms with Crippen molar-refractivity contribution in [3.63, 3.8) is 0 Å². The van der Waals surface area contributed by atoms with Crippen molar-refractivity contribution in [2.45, 2.75) is 32.9 Å². The molecule has 5 nitrogen and oxygen atoms in total. The zero-order chi connectivity index (χ0) is 16.8. The Morgan fingerprint density at radius 1 is 1.35 bits per heavy atom. The molecule has 1 fully saturated rings. The Morgan fingerprint density at radius 3 is 2.74 bits per heavy atom. The van der Waals surface area contributed by atoms with Gasteiger partial charge in [0.25, 0.3) is 0 Å². The maximum atomic E-state index is 9.89. The number of nitrogens with zero attached hydrogens (tertiary/aromatic N) is 1. The standard InChI is InChI=1S/C18H30N2O3/c1-13(2)12-23-17-6-5-15(9-18(17)22-4)16(11-21)20-8-7-19-14(3)10-20/h5-6,9,13-14,16,19,21H,7-8,10-12H2,1-4H3. The molecule has 130 valence electrons. The average molecular weight is 322 g/mol. The van der Waals surface area contributed by atoms with Crippen molar-refractivity contribution in [1.29, 1.82) is 0 Å². The summed E-state index contributed by atoms with van der Waals surface area (Å²) < 4.78 is 11.3. The van der Waals surface area contributed by atoms with E-state index in [1.54, 1.807) is 7.11 Å². The number of nitrogens with one attached hydrogen (secondary N) is 1. The van der Waals surface area contributed by atoms with E-state index in [0.717, 1.165) is 36.7 Å². The Hall–Kier alpha value is -1.30. The van der Waals surface area contributed by atoms with Gasteiger partial charge >= 0.3 is 0 Å². The fourth-order valence-corrected chi connectivity index (χ4v) is 2.94. The van der Waals surface area contributed by atoms with E-state index < -0.39 is 0 Å². The van der Waals surface area contributed by atoms with Crippen molar-refractivity contribution in [2.75, 3.05) is 40.0 Å². The molecule has 1 saturated heterocycles. The van der Waals surface area contributed by atoms with Crippen molar-refractivity contribution < 1.29 is 14.6 Å².